The van der Waals surface area contributed by atoms with Gasteiger partial charge in [0.05, 0.1) is 13.2 Å². The molecular formula is C22H46N2O. The van der Waals surface area contributed by atoms with Gasteiger partial charge in [0.15, 0.2) is 0 Å². The highest BCUT2D eigenvalue weighted by Crippen LogP contribution is 2.13. The van der Waals surface area contributed by atoms with Crippen molar-refractivity contribution in [1.29, 1.82) is 0 Å². The summed E-state index contributed by atoms with van der Waals surface area (Å²) in [6, 6.07) is 0. The van der Waals surface area contributed by atoms with Gasteiger partial charge in [0.2, 0.25) is 0 Å². The minimum absolute atomic E-state index is 0.881. The van der Waals surface area contributed by atoms with Crippen molar-refractivity contribution in [3.05, 3.63) is 0 Å². The largest absolute Gasteiger partial charge is 0.379 e. The Balaban J connectivity index is 1.65. The van der Waals surface area contributed by atoms with Crippen molar-refractivity contribution in [1.82, 2.24) is 10.4 Å². The molecule has 3 nitrogen and oxygen atoms in total. The molecule has 0 radical (unpaired) electrons. The average molecular weight is 355 g/mol. The summed E-state index contributed by atoms with van der Waals surface area (Å²) in [4.78, 5) is 0. The van der Waals surface area contributed by atoms with Crippen molar-refractivity contribution in [3.8, 4) is 0 Å². The summed E-state index contributed by atoms with van der Waals surface area (Å²) in [6.07, 6.45) is 23.0. The van der Waals surface area contributed by atoms with Crippen molar-refractivity contribution in [2.45, 2.75) is 110 Å². The molecule has 0 aromatic rings. The summed E-state index contributed by atoms with van der Waals surface area (Å²) < 4.78 is 5.35. The van der Waals surface area contributed by atoms with E-state index in [2.05, 4.69) is 17.4 Å². The van der Waals surface area contributed by atoms with Crippen LogP contribution in [0.25, 0.3) is 0 Å². The number of hydrazine groups is 1. The van der Waals surface area contributed by atoms with Crippen molar-refractivity contribution < 1.29 is 4.74 Å². The quantitative estimate of drug-likeness (QED) is 0.302. The molecule has 0 amide bonds. The second-order valence-electron chi connectivity index (χ2n) is 7.81. The van der Waals surface area contributed by atoms with Gasteiger partial charge >= 0.3 is 0 Å². The van der Waals surface area contributed by atoms with Gasteiger partial charge in [0, 0.05) is 19.6 Å². The van der Waals surface area contributed by atoms with Crippen LogP contribution < -0.4 is 5.43 Å². The third-order valence-corrected chi connectivity index (χ3v) is 5.38. The topological polar surface area (TPSA) is 24.5 Å². The third kappa shape index (κ3) is 15.8. The Morgan fingerprint density at radius 1 is 0.600 bits per heavy atom. The molecule has 0 unspecified atom stereocenters. The van der Waals surface area contributed by atoms with E-state index in [4.69, 9.17) is 4.74 Å². The van der Waals surface area contributed by atoms with Crippen molar-refractivity contribution in [3.63, 3.8) is 0 Å². The van der Waals surface area contributed by atoms with Gasteiger partial charge in [-0.3, -0.25) is 5.43 Å². The maximum absolute atomic E-state index is 5.35. The molecule has 1 N–H and O–H groups in total. The molecule has 0 saturated carbocycles. The molecular weight excluding hydrogens is 308 g/mol. The fourth-order valence-corrected chi connectivity index (χ4v) is 3.63. The first-order valence-corrected chi connectivity index (χ1v) is 11.5. The van der Waals surface area contributed by atoms with Crippen LogP contribution in [0.5, 0.6) is 0 Å². The molecule has 0 aliphatic carbocycles. The van der Waals surface area contributed by atoms with E-state index in [1.165, 1.54) is 103 Å². The van der Waals surface area contributed by atoms with Gasteiger partial charge < -0.3 is 4.74 Å². The van der Waals surface area contributed by atoms with E-state index >= 15 is 0 Å². The van der Waals surface area contributed by atoms with Crippen LogP contribution in [0.1, 0.15) is 110 Å². The lowest BCUT2D eigenvalue weighted by atomic mass is 10.0. The second-order valence-corrected chi connectivity index (χ2v) is 7.81. The first-order valence-electron chi connectivity index (χ1n) is 11.5. The van der Waals surface area contributed by atoms with Crippen LogP contribution in [0.4, 0.5) is 0 Å². The predicted molar refractivity (Wildman–Crippen MR) is 110 cm³/mol. The monoisotopic (exact) mass is 354 g/mol. The van der Waals surface area contributed by atoms with E-state index in [1.54, 1.807) is 0 Å². The lowest BCUT2D eigenvalue weighted by molar-refractivity contribution is 0.0118. The van der Waals surface area contributed by atoms with E-state index in [-0.39, 0.29) is 0 Å². The summed E-state index contributed by atoms with van der Waals surface area (Å²) in [6.45, 7) is 7.28. The van der Waals surface area contributed by atoms with Crippen LogP contribution in [0.2, 0.25) is 0 Å². The first-order chi connectivity index (χ1) is 12.4. The standard InChI is InChI=1S/C22H46N2O/c1-2-3-4-5-6-7-8-9-10-11-12-13-14-15-16-17-18-23-24-19-21-25-22-20-24/h23H,2-22H2,1H3. The van der Waals surface area contributed by atoms with Gasteiger partial charge in [-0.2, -0.15) is 0 Å². The average Bonchev–Trinajstić information content (AvgIpc) is 2.65. The number of rotatable bonds is 18. The molecule has 1 aliphatic rings. The summed E-state index contributed by atoms with van der Waals surface area (Å²) in [7, 11) is 0. The van der Waals surface area contributed by atoms with Crippen LogP contribution in [-0.2, 0) is 4.74 Å². The fraction of sp³-hybridized carbons (Fsp3) is 1.00. The molecule has 1 rings (SSSR count). The third-order valence-electron chi connectivity index (χ3n) is 5.38. The van der Waals surface area contributed by atoms with Crippen LogP contribution in [-0.4, -0.2) is 37.9 Å². The number of unbranched alkanes of at least 4 members (excludes halogenated alkanes) is 15. The van der Waals surface area contributed by atoms with Crippen molar-refractivity contribution >= 4 is 0 Å². The van der Waals surface area contributed by atoms with Gasteiger partial charge in [-0.1, -0.05) is 103 Å². The van der Waals surface area contributed by atoms with Gasteiger partial charge in [0.1, 0.15) is 0 Å². The zero-order valence-electron chi connectivity index (χ0n) is 17.2. The molecule has 3 heteroatoms. The summed E-state index contributed by atoms with van der Waals surface area (Å²) in [5.41, 5.74) is 3.52. The highest BCUT2D eigenvalue weighted by atomic mass is 16.5. The molecule has 0 aromatic heterocycles. The first kappa shape index (κ1) is 22.9. The minimum atomic E-state index is 0.881. The highest BCUT2D eigenvalue weighted by molar-refractivity contribution is 4.57. The van der Waals surface area contributed by atoms with Crippen LogP contribution in [0.3, 0.4) is 0 Å². The van der Waals surface area contributed by atoms with Crippen molar-refractivity contribution in [2.75, 3.05) is 32.8 Å². The highest BCUT2D eigenvalue weighted by Gasteiger charge is 2.08. The maximum atomic E-state index is 5.35. The molecule has 0 spiro atoms. The van der Waals surface area contributed by atoms with E-state index in [0.717, 1.165) is 32.8 Å². The maximum Gasteiger partial charge on any atom is 0.0608 e. The Kier molecular flexibility index (Phi) is 17.1. The number of nitrogens with zero attached hydrogens (tertiary/aromatic N) is 1. The van der Waals surface area contributed by atoms with Crippen LogP contribution in [0.15, 0.2) is 0 Å². The lowest BCUT2D eigenvalue weighted by Gasteiger charge is -2.27. The molecule has 25 heavy (non-hydrogen) atoms. The Hall–Kier alpha value is -0.120. The Morgan fingerprint density at radius 2 is 1.00 bits per heavy atom. The van der Waals surface area contributed by atoms with E-state index in [0.29, 0.717) is 0 Å². The molecule has 1 fully saturated rings. The normalized spacial score (nSPS) is 15.7. The van der Waals surface area contributed by atoms with Gasteiger partial charge in [-0.15, -0.1) is 0 Å². The molecule has 1 saturated heterocycles. The Morgan fingerprint density at radius 3 is 1.44 bits per heavy atom. The number of hydrogen-bond donors (Lipinski definition) is 1. The summed E-state index contributed by atoms with van der Waals surface area (Å²) >= 11 is 0. The zero-order chi connectivity index (χ0) is 17.8. The van der Waals surface area contributed by atoms with Crippen LogP contribution >= 0.6 is 0 Å². The molecule has 150 valence electrons. The van der Waals surface area contributed by atoms with Crippen LogP contribution in [0, 0.1) is 0 Å². The predicted octanol–water partition coefficient (Wildman–Crippen LogP) is 6.08. The lowest BCUT2D eigenvalue weighted by Crippen LogP contribution is -2.45. The van der Waals surface area contributed by atoms with Gasteiger partial charge in [-0.05, 0) is 6.42 Å². The molecule has 0 bridgehead atoms. The smallest absolute Gasteiger partial charge is 0.0608 e. The van der Waals surface area contributed by atoms with Crippen molar-refractivity contribution in [2.24, 2.45) is 0 Å². The molecule has 0 aromatic carbocycles. The Labute approximate surface area is 158 Å². The molecule has 0 atom stereocenters. The zero-order valence-corrected chi connectivity index (χ0v) is 17.2. The number of ether oxygens (including phenoxy) is 1. The number of nitrogens with one attached hydrogen (secondary N) is 1. The molecule has 1 aliphatic heterocycles. The number of hydrogen-bond acceptors (Lipinski definition) is 3. The second kappa shape index (κ2) is 18.7. The van der Waals surface area contributed by atoms with E-state index in [1.807, 2.05) is 0 Å². The summed E-state index contributed by atoms with van der Waals surface area (Å²) in [5.74, 6) is 0. The van der Waals surface area contributed by atoms with Gasteiger partial charge in [-0.25, -0.2) is 5.01 Å². The SMILES string of the molecule is CCCCCCCCCCCCCCCCCCNN1CCOCC1. The molecule has 1 heterocycles. The van der Waals surface area contributed by atoms with Gasteiger partial charge in [0.25, 0.3) is 0 Å². The number of morpholine rings is 1. The van der Waals surface area contributed by atoms with E-state index < -0.39 is 0 Å². The minimum Gasteiger partial charge on any atom is -0.379 e. The van der Waals surface area contributed by atoms with E-state index in [9.17, 15) is 0 Å². The Bertz CT molecular complexity index is 254. The fourth-order valence-electron chi connectivity index (χ4n) is 3.63. The summed E-state index contributed by atoms with van der Waals surface area (Å²) in [5, 5.41) is 2.31.